The molecule has 5 nitrogen and oxygen atoms in total. The Kier molecular flexibility index (Phi) is 4.00. The van der Waals surface area contributed by atoms with E-state index in [4.69, 9.17) is 10.4 Å². The van der Waals surface area contributed by atoms with Crippen LogP contribution in [0.1, 0.15) is 36.6 Å². The maximum Gasteiger partial charge on any atom is 0.308 e. The number of pyridine rings is 1. The van der Waals surface area contributed by atoms with Crippen molar-refractivity contribution in [3.8, 4) is 6.07 Å². The first-order valence-electron chi connectivity index (χ1n) is 6.55. The Morgan fingerprint density at radius 2 is 2.42 bits per heavy atom. The molecule has 100 valence electrons. The summed E-state index contributed by atoms with van der Waals surface area (Å²) in [7, 11) is 0. The fraction of sp³-hybridized carbons (Fsp3) is 0.500. The number of hydrogen-bond donors (Lipinski definition) is 2. The smallest absolute Gasteiger partial charge is 0.308 e. The maximum absolute atomic E-state index is 11.0. The van der Waals surface area contributed by atoms with E-state index < -0.39 is 11.9 Å². The summed E-state index contributed by atoms with van der Waals surface area (Å²) >= 11 is 0. The van der Waals surface area contributed by atoms with Gasteiger partial charge in [0, 0.05) is 12.2 Å². The number of aryl methyl sites for hydroxylation is 2. The van der Waals surface area contributed by atoms with Gasteiger partial charge in [0.25, 0.3) is 0 Å². The van der Waals surface area contributed by atoms with Crippen LogP contribution in [0.5, 0.6) is 0 Å². The van der Waals surface area contributed by atoms with E-state index in [0.717, 1.165) is 30.5 Å². The van der Waals surface area contributed by atoms with E-state index in [1.807, 2.05) is 13.0 Å². The number of nitriles is 1. The lowest BCUT2D eigenvalue weighted by Crippen LogP contribution is -2.23. The van der Waals surface area contributed by atoms with Gasteiger partial charge in [-0.2, -0.15) is 5.26 Å². The van der Waals surface area contributed by atoms with E-state index in [1.54, 1.807) is 0 Å². The second-order valence-corrected chi connectivity index (χ2v) is 4.78. The van der Waals surface area contributed by atoms with Crippen molar-refractivity contribution in [3.63, 3.8) is 0 Å². The van der Waals surface area contributed by atoms with E-state index in [2.05, 4.69) is 16.4 Å². The molecule has 0 bridgehead atoms. The normalized spacial score (nSPS) is 14.5. The Morgan fingerprint density at radius 3 is 3.05 bits per heavy atom. The van der Waals surface area contributed by atoms with Crippen LogP contribution in [0.25, 0.3) is 0 Å². The fourth-order valence-electron chi connectivity index (χ4n) is 2.32. The van der Waals surface area contributed by atoms with Gasteiger partial charge in [0.1, 0.15) is 11.9 Å². The van der Waals surface area contributed by atoms with Crippen LogP contribution in [0, 0.1) is 17.2 Å². The molecule has 1 atom stereocenters. The summed E-state index contributed by atoms with van der Waals surface area (Å²) in [5, 5.41) is 21.2. The molecule has 0 saturated carbocycles. The number of aliphatic carboxylic acids is 1. The molecule has 1 aromatic heterocycles. The van der Waals surface area contributed by atoms with Crippen molar-refractivity contribution in [1.29, 1.82) is 5.26 Å². The molecule has 0 spiro atoms. The van der Waals surface area contributed by atoms with Gasteiger partial charge in [0.05, 0.1) is 11.5 Å². The molecule has 0 saturated heterocycles. The highest BCUT2D eigenvalue weighted by Crippen LogP contribution is 2.25. The van der Waals surface area contributed by atoms with Crippen molar-refractivity contribution in [1.82, 2.24) is 4.98 Å². The van der Waals surface area contributed by atoms with Gasteiger partial charge in [0.2, 0.25) is 0 Å². The molecule has 0 aromatic carbocycles. The lowest BCUT2D eigenvalue weighted by atomic mass is 10.1. The quantitative estimate of drug-likeness (QED) is 0.844. The third kappa shape index (κ3) is 2.84. The Bertz CT molecular complexity index is 534. The number of nitrogens with one attached hydrogen (secondary N) is 1. The Balaban J connectivity index is 2.16. The first-order chi connectivity index (χ1) is 9.15. The number of aromatic nitrogens is 1. The minimum atomic E-state index is -0.824. The van der Waals surface area contributed by atoms with E-state index >= 15 is 0 Å². The second-order valence-electron chi connectivity index (χ2n) is 4.78. The van der Waals surface area contributed by atoms with Gasteiger partial charge < -0.3 is 10.4 Å². The SMILES string of the molecule is CCC(CNc1nc2c(cc1C#N)CCC2)C(=O)O. The van der Waals surface area contributed by atoms with Gasteiger partial charge in [0.15, 0.2) is 0 Å². The predicted octanol–water partition coefficient (Wildman–Crippen LogP) is 1.96. The highest BCUT2D eigenvalue weighted by molar-refractivity contribution is 5.71. The average molecular weight is 259 g/mol. The minimum Gasteiger partial charge on any atom is -0.481 e. The number of carboxylic acid groups (broad SMARTS) is 1. The topological polar surface area (TPSA) is 86.0 Å². The molecule has 5 heteroatoms. The van der Waals surface area contributed by atoms with Crippen LogP contribution in [-0.2, 0) is 17.6 Å². The monoisotopic (exact) mass is 259 g/mol. The molecule has 0 fully saturated rings. The predicted molar refractivity (Wildman–Crippen MR) is 70.9 cm³/mol. The van der Waals surface area contributed by atoms with Gasteiger partial charge >= 0.3 is 5.97 Å². The molecule has 1 aromatic rings. The van der Waals surface area contributed by atoms with E-state index in [1.165, 1.54) is 0 Å². The summed E-state index contributed by atoms with van der Waals surface area (Å²) in [5.74, 6) is -0.765. The standard InChI is InChI=1S/C14H17N3O2/c1-2-9(14(18)19)8-16-13-11(7-15)6-10-4-3-5-12(10)17-13/h6,9H,2-5,8H2,1H3,(H,16,17)(H,18,19). The molecule has 2 rings (SSSR count). The molecule has 1 aliphatic rings. The number of carbonyl (C=O) groups is 1. The lowest BCUT2D eigenvalue weighted by Gasteiger charge is -2.13. The van der Waals surface area contributed by atoms with Crippen molar-refractivity contribution in [2.24, 2.45) is 5.92 Å². The lowest BCUT2D eigenvalue weighted by molar-refractivity contribution is -0.141. The van der Waals surface area contributed by atoms with Crippen molar-refractivity contribution in [2.45, 2.75) is 32.6 Å². The van der Waals surface area contributed by atoms with Crippen LogP contribution >= 0.6 is 0 Å². The molecular weight excluding hydrogens is 242 g/mol. The summed E-state index contributed by atoms with van der Waals surface area (Å²) in [6.07, 6.45) is 3.54. The van der Waals surface area contributed by atoms with Gasteiger partial charge in [-0.1, -0.05) is 6.92 Å². The van der Waals surface area contributed by atoms with Crippen LogP contribution in [0.3, 0.4) is 0 Å². The fourth-order valence-corrected chi connectivity index (χ4v) is 2.32. The summed E-state index contributed by atoms with van der Waals surface area (Å²) in [4.78, 5) is 15.4. The van der Waals surface area contributed by atoms with Gasteiger partial charge in [-0.15, -0.1) is 0 Å². The molecule has 19 heavy (non-hydrogen) atoms. The third-order valence-electron chi connectivity index (χ3n) is 3.53. The highest BCUT2D eigenvalue weighted by Gasteiger charge is 2.19. The van der Waals surface area contributed by atoms with Crippen molar-refractivity contribution in [3.05, 3.63) is 22.9 Å². The molecule has 1 aliphatic carbocycles. The number of carboxylic acids is 1. The van der Waals surface area contributed by atoms with E-state index in [-0.39, 0.29) is 0 Å². The molecule has 2 N–H and O–H groups in total. The number of fused-ring (bicyclic) bond motifs is 1. The largest absolute Gasteiger partial charge is 0.481 e. The first-order valence-corrected chi connectivity index (χ1v) is 6.55. The maximum atomic E-state index is 11.0. The van der Waals surface area contributed by atoms with Crippen molar-refractivity contribution >= 4 is 11.8 Å². The highest BCUT2D eigenvalue weighted by atomic mass is 16.4. The van der Waals surface area contributed by atoms with Gasteiger partial charge in [-0.3, -0.25) is 4.79 Å². The number of anilines is 1. The van der Waals surface area contributed by atoms with Crippen LogP contribution in [0.15, 0.2) is 6.07 Å². The summed E-state index contributed by atoms with van der Waals surface area (Å²) < 4.78 is 0. The number of nitrogens with zero attached hydrogens (tertiary/aromatic N) is 2. The van der Waals surface area contributed by atoms with Crippen LogP contribution < -0.4 is 5.32 Å². The van der Waals surface area contributed by atoms with Crippen LogP contribution in [0.2, 0.25) is 0 Å². The summed E-state index contributed by atoms with van der Waals surface area (Å²) in [6, 6.07) is 4.00. The Hall–Kier alpha value is -2.09. The molecule has 0 amide bonds. The number of rotatable bonds is 5. The number of hydrogen-bond acceptors (Lipinski definition) is 4. The minimum absolute atomic E-state index is 0.298. The van der Waals surface area contributed by atoms with Gasteiger partial charge in [-0.05, 0) is 37.3 Å². The van der Waals surface area contributed by atoms with E-state index in [9.17, 15) is 4.79 Å². The third-order valence-corrected chi connectivity index (χ3v) is 3.53. The van der Waals surface area contributed by atoms with Crippen LogP contribution in [-0.4, -0.2) is 22.6 Å². The van der Waals surface area contributed by atoms with Crippen molar-refractivity contribution < 1.29 is 9.90 Å². The summed E-state index contributed by atoms with van der Waals surface area (Å²) in [6.45, 7) is 2.13. The average Bonchev–Trinajstić information content (AvgIpc) is 2.85. The van der Waals surface area contributed by atoms with Crippen LogP contribution in [0.4, 0.5) is 5.82 Å². The zero-order valence-corrected chi connectivity index (χ0v) is 10.9. The molecule has 0 radical (unpaired) electrons. The zero-order valence-electron chi connectivity index (χ0n) is 10.9. The first kappa shape index (κ1) is 13.3. The van der Waals surface area contributed by atoms with E-state index in [0.29, 0.717) is 24.3 Å². The summed E-state index contributed by atoms with van der Waals surface area (Å²) in [5.41, 5.74) is 2.68. The Labute approximate surface area is 112 Å². The molecule has 0 aliphatic heterocycles. The molecule has 1 heterocycles. The second kappa shape index (κ2) is 5.70. The molecule has 1 unspecified atom stereocenters. The Morgan fingerprint density at radius 1 is 1.63 bits per heavy atom. The zero-order chi connectivity index (χ0) is 13.8. The van der Waals surface area contributed by atoms with Gasteiger partial charge in [-0.25, -0.2) is 4.98 Å². The molecular formula is C14H17N3O2. The van der Waals surface area contributed by atoms with Crippen molar-refractivity contribution in [2.75, 3.05) is 11.9 Å².